The average Bonchev–Trinajstić information content (AvgIpc) is 2.98. The number of rotatable bonds is 6. The topological polar surface area (TPSA) is 29.9 Å². The summed E-state index contributed by atoms with van der Waals surface area (Å²) >= 11 is 14.0. The minimum atomic E-state index is 0.0323. The smallest absolute Gasteiger partial charge is 0.0931 e. The molecule has 2 aromatic rings. The predicted octanol–water partition coefficient (Wildman–Crippen LogP) is 4.92. The van der Waals surface area contributed by atoms with E-state index < -0.39 is 0 Å². The van der Waals surface area contributed by atoms with Crippen LogP contribution in [0.15, 0.2) is 18.3 Å². The fourth-order valence-corrected chi connectivity index (χ4v) is 3.52. The van der Waals surface area contributed by atoms with Crippen LogP contribution in [0, 0.1) is 0 Å². The Morgan fingerprint density at radius 2 is 2.10 bits per heavy atom. The standard InChI is InChI=1S/C14H19Cl2N3S/c1-4-7-17-13(11-5-6-12(16)20-11)14-10(15)8-18-19(14)9(2)3/h5-6,8-9,13,17H,4,7H2,1-3H3. The molecule has 0 aromatic carbocycles. The molecule has 1 N–H and O–H groups in total. The summed E-state index contributed by atoms with van der Waals surface area (Å²) < 4.78 is 2.76. The Bertz CT molecular complexity index is 563. The van der Waals surface area contributed by atoms with E-state index in [1.54, 1.807) is 17.5 Å². The zero-order valence-corrected chi connectivity index (χ0v) is 14.2. The normalized spacial score (nSPS) is 13.1. The molecule has 0 saturated carbocycles. The van der Waals surface area contributed by atoms with Gasteiger partial charge in [-0.25, -0.2) is 0 Å². The number of halogens is 2. The first-order valence-electron chi connectivity index (χ1n) is 6.76. The minimum absolute atomic E-state index is 0.0323. The van der Waals surface area contributed by atoms with Gasteiger partial charge in [0.05, 0.1) is 27.3 Å². The van der Waals surface area contributed by atoms with E-state index in [0.29, 0.717) is 5.02 Å². The summed E-state index contributed by atoms with van der Waals surface area (Å²) in [5, 5.41) is 8.63. The van der Waals surface area contributed by atoms with Gasteiger partial charge in [0.15, 0.2) is 0 Å². The van der Waals surface area contributed by atoms with Crippen LogP contribution in [0.4, 0.5) is 0 Å². The molecule has 0 spiro atoms. The number of thiophene rings is 1. The van der Waals surface area contributed by atoms with Crippen LogP contribution in [0.25, 0.3) is 0 Å². The molecule has 2 aromatic heterocycles. The average molecular weight is 332 g/mol. The van der Waals surface area contributed by atoms with Crippen LogP contribution in [0.5, 0.6) is 0 Å². The third kappa shape index (κ3) is 3.37. The van der Waals surface area contributed by atoms with Crippen LogP contribution < -0.4 is 5.32 Å². The van der Waals surface area contributed by atoms with Crippen molar-refractivity contribution in [2.24, 2.45) is 0 Å². The Kier molecular flexibility index (Phi) is 5.49. The maximum absolute atomic E-state index is 6.37. The highest BCUT2D eigenvalue weighted by Crippen LogP contribution is 2.35. The Labute approximate surface area is 133 Å². The van der Waals surface area contributed by atoms with Gasteiger partial charge in [-0.15, -0.1) is 11.3 Å². The second kappa shape index (κ2) is 6.94. The zero-order chi connectivity index (χ0) is 14.7. The van der Waals surface area contributed by atoms with Gasteiger partial charge in [0.1, 0.15) is 0 Å². The first kappa shape index (κ1) is 15.8. The lowest BCUT2D eigenvalue weighted by atomic mass is 10.1. The molecule has 0 radical (unpaired) electrons. The van der Waals surface area contributed by atoms with E-state index in [2.05, 4.69) is 31.2 Å². The van der Waals surface area contributed by atoms with Gasteiger partial charge in [0.25, 0.3) is 0 Å². The molecule has 0 fully saturated rings. The van der Waals surface area contributed by atoms with Crippen molar-refractivity contribution in [1.82, 2.24) is 15.1 Å². The van der Waals surface area contributed by atoms with E-state index in [4.69, 9.17) is 23.2 Å². The Morgan fingerprint density at radius 1 is 1.35 bits per heavy atom. The van der Waals surface area contributed by atoms with Gasteiger partial charge in [-0.1, -0.05) is 30.1 Å². The van der Waals surface area contributed by atoms with E-state index in [9.17, 15) is 0 Å². The molecule has 0 aliphatic carbocycles. The molecule has 2 heterocycles. The number of hydrogen-bond acceptors (Lipinski definition) is 3. The molecule has 20 heavy (non-hydrogen) atoms. The molecule has 0 aliphatic heterocycles. The monoisotopic (exact) mass is 331 g/mol. The van der Waals surface area contributed by atoms with Crippen molar-refractivity contribution < 1.29 is 0 Å². The van der Waals surface area contributed by atoms with Crippen molar-refractivity contribution >= 4 is 34.5 Å². The Morgan fingerprint density at radius 3 is 2.65 bits per heavy atom. The van der Waals surface area contributed by atoms with Gasteiger partial charge >= 0.3 is 0 Å². The highest BCUT2D eigenvalue weighted by Gasteiger charge is 2.24. The second-order valence-corrected chi connectivity index (χ2v) is 7.10. The van der Waals surface area contributed by atoms with Gasteiger partial charge < -0.3 is 5.32 Å². The Balaban J connectivity index is 2.43. The van der Waals surface area contributed by atoms with E-state index in [0.717, 1.165) is 27.9 Å². The van der Waals surface area contributed by atoms with Crippen molar-refractivity contribution in [2.75, 3.05) is 6.54 Å². The minimum Gasteiger partial charge on any atom is -0.304 e. The molecule has 6 heteroatoms. The first-order valence-corrected chi connectivity index (χ1v) is 8.33. The van der Waals surface area contributed by atoms with Crippen molar-refractivity contribution in [3.05, 3.63) is 38.3 Å². The largest absolute Gasteiger partial charge is 0.304 e. The summed E-state index contributed by atoms with van der Waals surface area (Å²) in [5.41, 5.74) is 1.01. The van der Waals surface area contributed by atoms with E-state index >= 15 is 0 Å². The van der Waals surface area contributed by atoms with Gasteiger partial charge in [-0.05, 0) is 38.9 Å². The van der Waals surface area contributed by atoms with E-state index in [-0.39, 0.29) is 12.1 Å². The molecular formula is C14H19Cl2N3S. The molecule has 1 atom stereocenters. The lowest BCUT2D eigenvalue weighted by molar-refractivity contribution is 0.474. The number of hydrogen-bond donors (Lipinski definition) is 1. The van der Waals surface area contributed by atoms with Crippen molar-refractivity contribution in [1.29, 1.82) is 0 Å². The van der Waals surface area contributed by atoms with Crippen molar-refractivity contribution in [2.45, 2.75) is 39.3 Å². The van der Waals surface area contributed by atoms with Crippen LogP contribution in [-0.2, 0) is 0 Å². The molecule has 0 saturated heterocycles. The highest BCUT2D eigenvalue weighted by atomic mass is 35.5. The van der Waals surface area contributed by atoms with Gasteiger partial charge in [-0.3, -0.25) is 4.68 Å². The summed E-state index contributed by atoms with van der Waals surface area (Å²) in [5.74, 6) is 0. The summed E-state index contributed by atoms with van der Waals surface area (Å²) in [6.45, 7) is 7.27. The molecule has 1 unspecified atom stereocenters. The summed E-state index contributed by atoms with van der Waals surface area (Å²) in [6.07, 6.45) is 2.77. The molecular weight excluding hydrogens is 313 g/mol. The highest BCUT2D eigenvalue weighted by molar-refractivity contribution is 7.16. The van der Waals surface area contributed by atoms with Crippen LogP contribution in [0.3, 0.4) is 0 Å². The number of aromatic nitrogens is 2. The molecule has 3 nitrogen and oxygen atoms in total. The van der Waals surface area contributed by atoms with Crippen LogP contribution in [-0.4, -0.2) is 16.3 Å². The number of nitrogens with zero attached hydrogens (tertiary/aromatic N) is 2. The molecule has 0 aliphatic rings. The third-order valence-corrected chi connectivity index (χ3v) is 4.61. The maximum Gasteiger partial charge on any atom is 0.0931 e. The van der Waals surface area contributed by atoms with Crippen molar-refractivity contribution in [3.63, 3.8) is 0 Å². The number of nitrogens with one attached hydrogen (secondary N) is 1. The van der Waals surface area contributed by atoms with E-state index in [1.165, 1.54) is 0 Å². The quantitative estimate of drug-likeness (QED) is 0.813. The molecule has 0 amide bonds. The van der Waals surface area contributed by atoms with E-state index in [1.807, 2.05) is 16.8 Å². The molecule has 0 bridgehead atoms. The van der Waals surface area contributed by atoms with Crippen molar-refractivity contribution in [3.8, 4) is 0 Å². The predicted molar refractivity (Wildman–Crippen MR) is 87.1 cm³/mol. The van der Waals surface area contributed by atoms with Gasteiger partial charge in [-0.2, -0.15) is 5.10 Å². The summed E-state index contributed by atoms with van der Waals surface area (Å²) in [6, 6.07) is 4.27. The Hall–Kier alpha value is -0.550. The second-order valence-electron chi connectivity index (χ2n) is 4.95. The van der Waals surface area contributed by atoms with Gasteiger partial charge in [0.2, 0.25) is 0 Å². The van der Waals surface area contributed by atoms with Crippen LogP contribution in [0.1, 0.15) is 49.8 Å². The summed E-state index contributed by atoms with van der Waals surface area (Å²) in [7, 11) is 0. The molecule has 110 valence electrons. The third-order valence-electron chi connectivity index (χ3n) is 3.03. The summed E-state index contributed by atoms with van der Waals surface area (Å²) in [4.78, 5) is 1.16. The maximum atomic E-state index is 6.37. The fraction of sp³-hybridized carbons (Fsp3) is 0.500. The lowest BCUT2D eigenvalue weighted by Gasteiger charge is -2.21. The molecule has 2 rings (SSSR count). The van der Waals surface area contributed by atoms with Crippen LogP contribution >= 0.6 is 34.5 Å². The first-order chi connectivity index (χ1) is 9.54. The van der Waals surface area contributed by atoms with Gasteiger partial charge in [0, 0.05) is 10.9 Å². The zero-order valence-electron chi connectivity index (χ0n) is 11.9. The fourth-order valence-electron chi connectivity index (χ4n) is 2.14. The lowest BCUT2D eigenvalue weighted by Crippen LogP contribution is -2.26. The van der Waals surface area contributed by atoms with Crippen LogP contribution in [0.2, 0.25) is 9.36 Å². The SMILES string of the molecule is CCCNC(c1ccc(Cl)s1)c1c(Cl)cnn1C(C)C.